The van der Waals surface area contributed by atoms with Crippen molar-refractivity contribution >= 4 is 23.0 Å². The molecular formula is C16H17ClN4O2. The lowest BCUT2D eigenvalue weighted by Crippen LogP contribution is -2.46. The van der Waals surface area contributed by atoms with Crippen LogP contribution in [0.25, 0.3) is 0 Å². The van der Waals surface area contributed by atoms with Crippen molar-refractivity contribution in [3.05, 3.63) is 63.4 Å². The van der Waals surface area contributed by atoms with Gasteiger partial charge in [-0.25, -0.2) is 0 Å². The van der Waals surface area contributed by atoms with Gasteiger partial charge in [0.1, 0.15) is 0 Å². The number of anilines is 1. The predicted octanol–water partition coefficient (Wildman–Crippen LogP) is 2.97. The molecule has 2 aromatic rings. The van der Waals surface area contributed by atoms with Gasteiger partial charge in [-0.05, 0) is 18.2 Å². The largest absolute Gasteiger partial charge is 0.368 e. The van der Waals surface area contributed by atoms with Crippen LogP contribution in [0.3, 0.4) is 0 Å². The van der Waals surface area contributed by atoms with Crippen molar-refractivity contribution in [1.82, 2.24) is 9.88 Å². The minimum Gasteiger partial charge on any atom is -0.368 e. The van der Waals surface area contributed by atoms with Gasteiger partial charge in [-0.1, -0.05) is 17.7 Å². The third-order valence-electron chi connectivity index (χ3n) is 3.97. The lowest BCUT2D eigenvalue weighted by molar-refractivity contribution is -0.384. The number of nitro benzene ring substituents is 1. The SMILES string of the molecule is O=[N+]([O-])c1ccc(N2CCN(Cc3ccccn3)CC2)c(Cl)c1. The van der Waals surface area contributed by atoms with Crippen molar-refractivity contribution < 1.29 is 4.92 Å². The predicted molar refractivity (Wildman–Crippen MR) is 89.8 cm³/mol. The van der Waals surface area contributed by atoms with E-state index in [0.29, 0.717) is 5.02 Å². The van der Waals surface area contributed by atoms with Gasteiger partial charge in [-0.2, -0.15) is 0 Å². The molecule has 0 aliphatic carbocycles. The maximum absolute atomic E-state index is 10.8. The van der Waals surface area contributed by atoms with Gasteiger partial charge in [-0.3, -0.25) is 20.0 Å². The second-order valence-corrected chi connectivity index (χ2v) is 5.88. The van der Waals surface area contributed by atoms with Crippen LogP contribution in [0.2, 0.25) is 5.02 Å². The fraction of sp³-hybridized carbons (Fsp3) is 0.312. The molecule has 0 bridgehead atoms. The summed E-state index contributed by atoms with van der Waals surface area (Å²) in [6, 6.07) is 10.6. The third kappa shape index (κ3) is 3.78. The first kappa shape index (κ1) is 15.7. The van der Waals surface area contributed by atoms with Crippen molar-refractivity contribution in [3.63, 3.8) is 0 Å². The van der Waals surface area contributed by atoms with Crippen LogP contribution in [-0.2, 0) is 6.54 Å². The fourth-order valence-corrected chi connectivity index (χ4v) is 3.03. The van der Waals surface area contributed by atoms with Crippen molar-refractivity contribution in [2.75, 3.05) is 31.1 Å². The van der Waals surface area contributed by atoms with E-state index in [1.54, 1.807) is 6.07 Å². The summed E-state index contributed by atoms with van der Waals surface area (Å²) in [6.07, 6.45) is 1.81. The number of rotatable bonds is 4. The monoisotopic (exact) mass is 332 g/mol. The first-order valence-corrected chi connectivity index (χ1v) is 7.82. The summed E-state index contributed by atoms with van der Waals surface area (Å²) in [5.41, 5.74) is 1.94. The van der Waals surface area contributed by atoms with E-state index < -0.39 is 4.92 Å². The Hall–Kier alpha value is -2.18. The zero-order valence-corrected chi connectivity index (χ0v) is 13.3. The van der Waals surface area contributed by atoms with Crippen LogP contribution in [0, 0.1) is 10.1 Å². The number of non-ortho nitro benzene ring substituents is 1. The van der Waals surface area contributed by atoms with Gasteiger partial charge < -0.3 is 4.90 Å². The first-order valence-electron chi connectivity index (χ1n) is 7.44. The summed E-state index contributed by atoms with van der Waals surface area (Å²) < 4.78 is 0. The molecule has 6 nitrogen and oxygen atoms in total. The molecule has 2 heterocycles. The van der Waals surface area contributed by atoms with E-state index in [0.717, 1.165) is 44.1 Å². The van der Waals surface area contributed by atoms with Crippen molar-refractivity contribution in [1.29, 1.82) is 0 Å². The van der Waals surface area contributed by atoms with Crippen molar-refractivity contribution in [3.8, 4) is 0 Å². The summed E-state index contributed by atoms with van der Waals surface area (Å²) in [5, 5.41) is 11.2. The summed E-state index contributed by atoms with van der Waals surface area (Å²) in [6.45, 7) is 4.32. The lowest BCUT2D eigenvalue weighted by atomic mass is 10.2. The van der Waals surface area contributed by atoms with Gasteiger partial charge in [0.15, 0.2) is 0 Å². The molecule has 0 amide bonds. The van der Waals surface area contributed by atoms with E-state index in [2.05, 4.69) is 14.8 Å². The van der Waals surface area contributed by atoms with E-state index in [4.69, 9.17) is 11.6 Å². The van der Waals surface area contributed by atoms with Crippen molar-refractivity contribution in [2.24, 2.45) is 0 Å². The number of piperazine rings is 1. The number of pyridine rings is 1. The second-order valence-electron chi connectivity index (χ2n) is 5.48. The Bertz CT molecular complexity index is 688. The molecule has 1 aliphatic heterocycles. The molecule has 120 valence electrons. The number of hydrogen-bond acceptors (Lipinski definition) is 5. The van der Waals surface area contributed by atoms with E-state index in [1.165, 1.54) is 12.1 Å². The van der Waals surface area contributed by atoms with E-state index in [9.17, 15) is 10.1 Å². The number of nitro groups is 1. The third-order valence-corrected chi connectivity index (χ3v) is 4.27. The first-order chi connectivity index (χ1) is 11.1. The highest BCUT2D eigenvalue weighted by molar-refractivity contribution is 6.33. The normalized spacial score (nSPS) is 15.6. The Balaban J connectivity index is 1.62. The Morgan fingerprint density at radius 2 is 1.96 bits per heavy atom. The maximum Gasteiger partial charge on any atom is 0.271 e. The van der Waals surface area contributed by atoms with Gasteiger partial charge in [0.2, 0.25) is 0 Å². The van der Waals surface area contributed by atoms with Gasteiger partial charge in [0.05, 0.1) is 21.3 Å². The van der Waals surface area contributed by atoms with Gasteiger partial charge in [0.25, 0.3) is 5.69 Å². The zero-order valence-electron chi connectivity index (χ0n) is 12.6. The second kappa shape index (κ2) is 6.93. The maximum atomic E-state index is 10.8. The van der Waals surface area contributed by atoms with Crippen LogP contribution in [0.4, 0.5) is 11.4 Å². The smallest absolute Gasteiger partial charge is 0.271 e. The topological polar surface area (TPSA) is 62.5 Å². The highest BCUT2D eigenvalue weighted by Gasteiger charge is 2.20. The van der Waals surface area contributed by atoms with Crippen LogP contribution < -0.4 is 4.90 Å². The molecule has 0 unspecified atom stereocenters. The number of benzene rings is 1. The Morgan fingerprint density at radius 1 is 1.17 bits per heavy atom. The molecule has 23 heavy (non-hydrogen) atoms. The molecule has 1 aromatic carbocycles. The average molecular weight is 333 g/mol. The molecule has 7 heteroatoms. The Morgan fingerprint density at radius 3 is 2.57 bits per heavy atom. The molecule has 0 radical (unpaired) electrons. The van der Waals surface area contributed by atoms with E-state index in [1.807, 2.05) is 24.4 Å². The summed E-state index contributed by atoms with van der Waals surface area (Å²) in [5.74, 6) is 0. The molecule has 0 N–H and O–H groups in total. The Kier molecular flexibility index (Phi) is 4.73. The number of nitrogens with zero attached hydrogens (tertiary/aromatic N) is 4. The van der Waals surface area contributed by atoms with Crippen LogP contribution in [0.1, 0.15) is 5.69 Å². The summed E-state index contributed by atoms with van der Waals surface area (Å²) in [4.78, 5) is 19.2. The zero-order chi connectivity index (χ0) is 16.2. The lowest BCUT2D eigenvalue weighted by Gasteiger charge is -2.36. The quantitative estimate of drug-likeness (QED) is 0.636. The van der Waals surface area contributed by atoms with Crippen LogP contribution >= 0.6 is 11.6 Å². The van der Waals surface area contributed by atoms with Crippen LogP contribution in [-0.4, -0.2) is 41.0 Å². The molecule has 0 atom stereocenters. The number of hydrogen-bond donors (Lipinski definition) is 0. The number of halogens is 1. The van der Waals surface area contributed by atoms with Crippen molar-refractivity contribution in [2.45, 2.75) is 6.54 Å². The standard InChI is InChI=1S/C16H17ClN4O2/c17-15-11-14(21(22)23)4-5-16(15)20-9-7-19(8-10-20)12-13-3-1-2-6-18-13/h1-6,11H,7-10,12H2. The van der Waals surface area contributed by atoms with Gasteiger partial charge in [-0.15, -0.1) is 0 Å². The molecule has 1 saturated heterocycles. The molecular weight excluding hydrogens is 316 g/mol. The fourth-order valence-electron chi connectivity index (χ4n) is 2.73. The minimum absolute atomic E-state index is 0.0209. The molecule has 1 fully saturated rings. The Labute approximate surface area is 139 Å². The average Bonchev–Trinajstić information content (AvgIpc) is 2.56. The summed E-state index contributed by atoms with van der Waals surface area (Å²) >= 11 is 6.20. The van der Waals surface area contributed by atoms with E-state index >= 15 is 0 Å². The summed E-state index contributed by atoms with van der Waals surface area (Å²) in [7, 11) is 0. The molecule has 1 aliphatic rings. The molecule has 1 aromatic heterocycles. The highest BCUT2D eigenvalue weighted by Crippen LogP contribution is 2.30. The van der Waals surface area contributed by atoms with Gasteiger partial charge >= 0.3 is 0 Å². The molecule has 0 spiro atoms. The molecule has 0 saturated carbocycles. The van der Waals surface area contributed by atoms with Crippen LogP contribution in [0.5, 0.6) is 0 Å². The minimum atomic E-state index is -0.430. The highest BCUT2D eigenvalue weighted by atomic mass is 35.5. The van der Waals surface area contributed by atoms with Gasteiger partial charge in [0, 0.05) is 51.1 Å². The number of aromatic nitrogens is 1. The van der Waals surface area contributed by atoms with Crippen LogP contribution in [0.15, 0.2) is 42.6 Å². The van der Waals surface area contributed by atoms with E-state index in [-0.39, 0.29) is 5.69 Å². The molecule has 3 rings (SSSR count).